The highest BCUT2D eigenvalue weighted by Crippen LogP contribution is 2.30. The largest absolute Gasteiger partial charge is 0.378 e. The number of aromatic nitrogens is 2. The van der Waals surface area contributed by atoms with E-state index >= 15 is 0 Å². The van der Waals surface area contributed by atoms with Crippen molar-refractivity contribution in [2.24, 2.45) is 0 Å². The zero-order chi connectivity index (χ0) is 17.6. The molecular formula is C21H20N4. The number of nitrogens with one attached hydrogen (secondary N) is 1. The van der Waals surface area contributed by atoms with E-state index in [9.17, 15) is 0 Å². The van der Waals surface area contributed by atoms with E-state index in [-0.39, 0.29) is 0 Å². The Morgan fingerprint density at radius 3 is 2.44 bits per heavy atom. The number of nitrogens with zero attached hydrogens (tertiary/aromatic N) is 3. The van der Waals surface area contributed by atoms with E-state index in [0.29, 0.717) is 5.36 Å². The molecule has 0 spiro atoms. The number of fused-ring (bicyclic) bond motifs is 2. The van der Waals surface area contributed by atoms with Crippen LogP contribution in [0.5, 0.6) is 0 Å². The second kappa shape index (κ2) is 5.74. The van der Waals surface area contributed by atoms with Crippen LogP contribution >= 0.6 is 0 Å². The topological polar surface area (TPSA) is 44.9 Å². The minimum absolute atomic E-state index is 0.530. The fourth-order valence-electron chi connectivity index (χ4n) is 3.13. The summed E-state index contributed by atoms with van der Waals surface area (Å²) in [7, 11) is 4.07. The van der Waals surface area contributed by atoms with Crippen LogP contribution in [0.4, 0.5) is 5.69 Å². The Kier molecular flexibility index (Phi) is 3.53. The van der Waals surface area contributed by atoms with Crippen molar-refractivity contribution in [1.82, 2.24) is 9.55 Å². The lowest BCUT2D eigenvalue weighted by Crippen LogP contribution is -2.13. The van der Waals surface area contributed by atoms with Gasteiger partial charge in [0.25, 0.3) is 0 Å². The summed E-state index contributed by atoms with van der Waals surface area (Å²) in [6, 6.07) is 20.5. The number of rotatable bonds is 2. The number of hydrogen-bond donors (Lipinski definition) is 1. The Hall–Kier alpha value is -3.14. The van der Waals surface area contributed by atoms with E-state index in [4.69, 9.17) is 10.4 Å². The van der Waals surface area contributed by atoms with Crippen molar-refractivity contribution in [3.05, 3.63) is 71.6 Å². The molecule has 4 heteroatoms. The normalized spacial score (nSPS) is 11.2. The Labute approximate surface area is 146 Å². The van der Waals surface area contributed by atoms with Crippen molar-refractivity contribution in [1.29, 1.82) is 5.41 Å². The van der Waals surface area contributed by atoms with Gasteiger partial charge in [0.05, 0.1) is 27.8 Å². The maximum atomic E-state index is 8.23. The lowest BCUT2D eigenvalue weighted by molar-refractivity contribution is 1.05. The summed E-state index contributed by atoms with van der Waals surface area (Å²) in [5.74, 6) is 0. The molecule has 1 N–H and O–H groups in total. The average Bonchev–Trinajstić information content (AvgIpc) is 2.61. The summed E-state index contributed by atoms with van der Waals surface area (Å²) in [5, 5.41) is 8.76. The molecule has 25 heavy (non-hydrogen) atoms. The Morgan fingerprint density at radius 2 is 1.72 bits per heavy atom. The second-order valence-electron chi connectivity index (χ2n) is 6.51. The van der Waals surface area contributed by atoms with Gasteiger partial charge in [-0.15, -0.1) is 0 Å². The molecule has 4 nitrogen and oxygen atoms in total. The molecule has 1 heterocycles. The highest BCUT2D eigenvalue weighted by atomic mass is 15.1. The Balaban J connectivity index is 2.20. The summed E-state index contributed by atoms with van der Waals surface area (Å²) in [6.07, 6.45) is 0. The third-order valence-electron chi connectivity index (χ3n) is 4.53. The van der Waals surface area contributed by atoms with Crippen LogP contribution in [0.2, 0.25) is 0 Å². The smallest absolute Gasteiger partial charge is 0.0882 e. The molecule has 0 unspecified atom stereocenters. The molecule has 0 saturated carbocycles. The number of aryl methyl sites for hydroxylation is 1. The van der Waals surface area contributed by atoms with Gasteiger partial charge < -0.3 is 14.9 Å². The maximum absolute atomic E-state index is 8.23. The quantitative estimate of drug-likeness (QED) is 0.566. The zero-order valence-corrected chi connectivity index (χ0v) is 14.6. The fourth-order valence-corrected chi connectivity index (χ4v) is 3.13. The molecule has 2 aromatic carbocycles. The molecule has 0 amide bonds. The van der Waals surface area contributed by atoms with Gasteiger partial charge in [-0.3, -0.25) is 0 Å². The predicted molar refractivity (Wildman–Crippen MR) is 103 cm³/mol. The van der Waals surface area contributed by atoms with E-state index < -0.39 is 0 Å². The lowest BCUT2D eigenvalue weighted by Gasteiger charge is -2.21. The second-order valence-corrected chi connectivity index (χ2v) is 6.51. The van der Waals surface area contributed by atoms with Crippen LogP contribution in [0.1, 0.15) is 5.56 Å². The van der Waals surface area contributed by atoms with Gasteiger partial charge in [-0.05, 0) is 55.0 Å². The van der Waals surface area contributed by atoms with E-state index in [0.717, 1.165) is 39.4 Å². The molecule has 1 aliphatic heterocycles. The SMILES string of the molecule is Cc1cc2nc3ccc(N(C)C)cc3n(-c3ccccc3)c-2cc1=N. The Bertz CT molecular complexity index is 1090. The number of anilines is 1. The van der Waals surface area contributed by atoms with E-state index in [1.165, 1.54) is 0 Å². The molecule has 124 valence electrons. The van der Waals surface area contributed by atoms with Gasteiger partial charge >= 0.3 is 0 Å². The molecule has 1 aliphatic carbocycles. The molecule has 0 fully saturated rings. The van der Waals surface area contributed by atoms with Crippen LogP contribution in [0.25, 0.3) is 28.1 Å². The zero-order valence-electron chi connectivity index (χ0n) is 14.6. The molecule has 2 aliphatic rings. The fraction of sp³-hybridized carbons (Fsp3) is 0.143. The molecule has 0 aromatic heterocycles. The van der Waals surface area contributed by atoms with Crippen LogP contribution in [0.3, 0.4) is 0 Å². The first-order valence-corrected chi connectivity index (χ1v) is 8.29. The molecule has 0 atom stereocenters. The van der Waals surface area contributed by atoms with Gasteiger partial charge in [0.2, 0.25) is 0 Å². The van der Waals surface area contributed by atoms with Gasteiger partial charge in [-0.2, -0.15) is 0 Å². The molecule has 4 rings (SSSR count). The van der Waals surface area contributed by atoms with Crippen molar-refractivity contribution >= 4 is 16.7 Å². The maximum Gasteiger partial charge on any atom is 0.0882 e. The molecule has 0 saturated heterocycles. The number of benzene rings is 3. The monoisotopic (exact) mass is 328 g/mol. The predicted octanol–water partition coefficient (Wildman–Crippen LogP) is 3.98. The van der Waals surface area contributed by atoms with Gasteiger partial charge in [-0.25, -0.2) is 4.98 Å². The van der Waals surface area contributed by atoms with Crippen molar-refractivity contribution in [3.63, 3.8) is 0 Å². The van der Waals surface area contributed by atoms with Crippen molar-refractivity contribution in [2.75, 3.05) is 19.0 Å². The average molecular weight is 328 g/mol. The van der Waals surface area contributed by atoms with Gasteiger partial charge in [0.1, 0.15) is 0 Å². The first kappa shape index (κ1) is 15.4. The van der Waals surface area contributed by atoms with Gasteiger partial charge in [-0.1, -0.05) is 18.2 Å². The van der Waals surface area contributed by atoms with Gasteiger partial charge in [0.15, 0.2) is 0 Å². The minimum atomic E-state index is 0.530. The van der Waals surface area contributed by atoms with Crippen LogP contribution < -0.4 is 10.3 Å². The first-order valence-electron chi connectivity index (χ1n) is 8.29. The summed E-state index contributed by atoms with van der Waals surface area (Å²) < 4.78 is 2.20. The number of hydrogen-bond acceptors (Lipinski definition) is 3. The number of para-hydroxylation sites is 1. The van der Waals surface area contributed by atoms with Crippen LogP contribution in [0, 0.1) is 12.3 Å². The summed E-state index contributed by atoms with van der Waals surface area (Å²) in [4.78, 5) is 6.93. The third-order valence-corrected chi connectivity index (χ3v) is 4.53. The van der Waals surface area contributed by atoms with Crippen LogP contribution in [0.15, 0.2) is 60.7 Å². The summed E-state index contributed by atoms with van der Waals surface area (Å²) in [5.41, 5.74) is 6.96. The highest BCUT2D eigenvalue weighted by Gasteiger charge is 2.15. The standard InChI is InChI=1S/C21H20N4/c1-14-11-19-21(13-17(14)22)25(15-7-5-4-6-8-15)20-12-16(24(2)3)9-10-18(20)23-19/h4-13,22H,1-3H3. The molecule has 2 aromatic rings. The van der Waals surface area contributed by atoms with Crippen molar-refractivity contribution in [3.8, 4) is 17.1 Å². The van der Waals surface area contributed by atoms with Crippen molar-refractivity contribution < 1.29 is 0 Å². The molecular weight excluding hydrogens is 308 g/mol. The minimum Gasteiger partial charge on any atom is -0.378 e. The molecule has 0 bridgehead atoms. The van der Waals surface area contributed by atoms with Crippen LogP contribution in [-0.2, 0) is 0 Å². The molecule has 0 radical (unpaired) electrons. The Morgan fingerprint density at radius 1 is 0.960 bits per heavy atom. The summed E-state index contributed by atoms with van der Waals surface area (Å²) >= 11 is 0. The van der Waals surface area contributed by atoms with E-state index in [1.54, 1.807) is 0 Å². The van der Waals surface area contributed by atoms with Crippen molar-refractivity contribution in [2.45, 2.75) is 6.92 Å². The lowest BCUT2D eigenvalue weighted by atomic mass is 10.1. The highest BCUT2D eigenvalue weighted by molar-refractivity contribution is 5.86. The van der Waals surface area contributed by atoms with Gasteiger partial charge in [0, 0.05) is 25.5 Å². The van der Waals surface area contributed by atoms with E-state index in [2.05, 4.69) is 39.8 Å². The third kappa shape index (κ3) is 2.56. The van der Waals surface area contributed by atoms with Crippen LogP contribution in [-0.4, -0.2) is 23.6 Å². The first-order chi connectivity index (χ1) is 12.0. The summed E-state index contributed by atoms with van der Waals surface area (Å²) in [6.45, 7) is 1.95. The van der Waals surface area contributed by atoms with E-state index in [1.807, 2.05) is 51.4 Å².